The number of aromatic amines is 1. The van der Waals surface area contributed by atoms with Crippen LogP contribution in [-0.2, 0) is 6.42 Å². The van der Waals surface area contributed by atoms with Gasteiger partial charge in [0.2, 0.25) is 0 Å². The molecule has 23 heavy (non-hydrogen) atoms. The Morgan fingerprint density at radius 2 is 1.87 bits per heavy atom. The molecule has 120 valence electrons. The molecular formula is C21H25NO. The van der Waals surface area contributed by atoms with Crippen molar-refractivity contribution in [2.75, 3.05) is 6.61 Å². The summed E-state index contributed by atoms with van der Waals surface area (Å²) >= 11 is 0. The van der Waals surface area contributed by atoms with Gasteiger partial charge in [-0.1, -0.05) is 45.0 Å². The lowest BCUT2D eigenvalue weighted by molar-refractivity contribution is 0.343. The van der Waals surface area contributed by atoms with Gasteiger partial charge in [-0.2, -0.15) is 0 Å². The van der Waals surface area contributed by atoms with Crippen molar-refractivity contribution in [2.24, 2.45) is 0 Å². The van der Waals surface area contributed by atoms with Crippen molar-refractivity contribution in [1.29, 1.82) is 0 Å². The minimum Gasteiger partial charge on any atom is -0.492 e. The normalized spacial score (nSPS) is 11.3. The molecule has 3 aromatic rings. The zero-order valence-corrected chi connectivity index (χ0v) is 14.4. The van der Waals surface area contributed by atoms with Crippen LogP contribution in [0.4, 0.5) is 0 Å². The number of benzene rings is 2. The Hall–Kier alpha value is -2.22. The summed E-state index contributed by atoms with van der Waals surface area (Å²) in [6.45, 7) is 9.36. The molecule has 0 saturated carbocycles. The van der Waals surface area contributed by atoms with E-state index in [2.05, 4.69) is 68.2 Å². The van der Waals surface area contributed by atoms with Crippen LogP contribution in [0.15, 0.2) is 42.5 Å². The van der Waals surface area contributed by atoms with E-state index in [4.69, 9.17) is 4.74 Å². The van der Waals surface area contributed by atoms with Gasteiger partial charge in [-0.25, -0.2) is 0 Å². The van der Waals surface area contributed by atoms with Gasteiger partial charge in [0.05, 0.1) is 12.1 Å². The van der Waals surface area contributed by atoms with Crippen LogP contribution < -0.4 is 4.74 Å². The van der Waals surface area contributed by atoms with E-state index >= 15 is 0 Å². The maximum Gasteiger partial charge on any atom is 0.143 e. The van der Waals surface area contributed by atoms with Crippen molar-refractivity contribution in [3.8, 4) is 17.0 Å². The van der Waals surface area contributed by atoms with E-state index in [1.54, 1.807) is 0 Å². The molecule has 2 nitrogen and oxygen atoms in total. The molecule has 0 aliphatic carbocycles. The monoisotopic (exact) mass is 307 g/mol. The summed E-state index contributed by atoms with van der Waals surface area (Å²) < 4.78 is 5.82. The minimum absolute atomic E-state index is 0.485. The van der Waals surface area contributed by atoms with Crippen LogP contribution in [0.2, 0.25) is 0 Å². The summed E-state index contributed by atoms with van der Waals surface area (Å²) in [4.78, 5) is 3.59. The summed E-state index contributed by atoms with van der Waals surface area (Å²) in [6, 6.07) is 15.3. The van der Waals surface area contributed by atoms with Gasteiger partial charge in [0, 0.05) is 11.1 Å². The van der Waals surface area contributed by atoms with E-state index in [9.17, 15) is 0 Å². The molecule has 0 spiro atoms. The highest BCUT2D eigenvalue weighted by Gasteiger charge is 2.14. The van der Waals surface area contributed by atoms with Crippen LogP contribution >= 0.6 is 0 Å². The van der Waals surface area contributed by atoms with Crippen LogP contribution in [0.1, 0.15) is 44.7 Å². The van der Waals surface area contributed by atoms with Gasteiger partial charge in [0.15, 0.2) is 0 Å². The zero-order valence-electron chi connectivity index (χ0n) is 14.4. The number of ether oxygens (including phenoxy) is 1. The average molecular weight is 307 g/mol. The number of H-pyrrole nitrogens is 1. The lowest BCUT2D eigenvalue weighted by Gasteiger charge is -2.10. The number of hydrogen-bond acceptors (Lipinski definition) is 1. The van der Waals surface area contributed by atoms with Crippen LogP contribution in [0.25, 0.3) is 22.2 Å². The number of rotatable bonds is 5. The second-order valence-electron chi connectivity index (χ2n) is 6.27. The van der Waals surface area contributed by atoms with E-state index in [1.807, 2.05) is 6.92 Å². The molecule has 0 aliphatic rings. The fourth-order valence-corrected chi connectivity index (χ4v) is 3.11. The van der Waals surface area contributed by atoms with Crippen LogP contribution in [-0.4, -0.2) is 11.6 Å². The van der Waals surface area contributed by atoms with Gasteiger partial charge in [-0.3, -0.25) is 0 Å². The molecule has 1 N–H and O–H groups in total. The van der Waals surface area contributed by atoms with Gasteiger partial charge in [-0.15, -0.1) is 0 Å². The third-order valence-electron chi connectivity index (χ3n) is 4.36. The SMILES string of the molecule is CCOc1ccc(C(C)C)c2cc(-c3cccc(CC)c3)[nH]c12. The van der Waals surface area contributed by atoms with Gasteiger partial charge >= 0.3 is 0 Å². The minimum atomic E-state index is 0.485. The largest absolute Gasteiger partial charge is 0.492 e. The van der Waals surface area contributed by atoms with E-state index in [-0.39, 0.29) is 0 Å². The molecule has 2 aromatic carbocycles. The third kappa shape index (κ3) is 2.98. The Bertz CT molecular complexity index is 814. The highest BCUT2D eigenvalue weighted by atomic mass is 16.5. The topological polar surface area (TPSA) is 25.0 Å². The van der Waals surface area contributed by atoms with Crippen LogP contribution in [0, 0.1) is 0 Å². The van der Waals surface area contributed by atoms with Crippen molar-refractivity contribution in [3.05, 3.63) is 53.6 Å². The first kappa shape index (κ1) is 15.7. The molecule has 0 aliphatic heterocycles. The summed E-state index contributed by atoms with van der Waals surface area (Å²) in [5, 5.41) is 1.27. The van der Waals surface area contributed by atoms with Crippen molar-refractivity contribution >= 4 is 10.9 Å². The highest BCUT2D eigenvalue weighted by molar-refractivity contribution is 5.93. The standard InChI is InChI=1S/C21H25NO/c1-5-15-8-7-9-16(12-15)19-13-18-17(14(3)4)10-11-20(23-6-2)21(18)22-19/h7-14,22H,5-6H2,1-4H3. The second-order valence-corrected chi connectivity index (χ2v) is 6.27. The zero-order chi connectivity index (χ0) is 16.4. The van der Waals surface area contributed by atoms with E-state index < -0.39 is 0 Å². The first-order valence-electron chi connectivity index (χ1n) is 8.51. The number of aromatic nitrogens is 1. The maximum atomic E-state index is 5.82. The highest BCUT2D eigenvalue weighted by Crippen LogP contribution is 2.35. The van der Waals surface area contributed by atoms with E-state index in [0.29, 0.717) is 12.5 Å². The fourth-order valence-electron chi connectivity index (χ4n) is 3.11. The summed E-state index contributed by atoms with van der Waals surface area (Å²) in [6.07, 6.45) is 1.05. The summed E-state index contributed by atoms with van der Waals surface area (Å²) in [5.41, 5.74) is 6.21. The number of fused-ring (bicyclic) bond motifs is 1. The van der Waals surface area contributed by atoms with E-state index in [0.717, 1.165) is 23.4 Å². The molecule has 0 bridgehead atoms. The fraction of sp³-hybridized carbons (Fsp3) is 0.333. The molecule has 0 saturated heterocycles. The Kier molecular flexibility index (Phi) is 4.42. The van der Waals surface area contributed by atoms with Gasteiger partial charge < -0.3 is 9.72 Å². The van der Waals surface area contributed by atoms with Crippen molar-refractivity contribution in [2.45, 2.75) is 40.0 Å². The Labute approximate surface area is 138 Å². The molecule has 3 rings (SSSR count). The van der Waals surface area contributed by atoms with Crippen molar-refractivity contribution < 1.29 is 4.74 Å². The number of hydrogen-bond donors (Lipinski definition) is 1. The average Bonchev–Trinajstić information content (AvgIpc) is 3.00. The molecule has 0 amide bonds. The molecule has 0 radical (unpaired) electrons. The summed E-state index contributed by atoms with van der Waals surface area (Å²) in [7, 11) is 0. The second kappa shape index (κ2) is 6.49. The Morgan fingerprint density at radius 3 is 2.57 bits per heavy atom. The van der Waals surface area contributed by atoms with Crippen LogP contribution in [0.5, 0.6) is 5.75 Å². The predicted octanol–water partition coefficient (Wildman–Crippen LogP) is 5.92. The summed E-state index contributed by atoms with van der Waals surface area (Å²) in [5.74, 6) is 1.42. The van der Waals surface area contributed by atoms with Gasteiger partial charge in [0.25, 0.3) is 0 Å². The predicted molar refractivity (Wildman–Crippen MR) is 98.4 cm³/mol. The molecular weight excluding hydrogens is 282 g/mol. The van der Waals surface area contributed by atoms with Crippen LogP contribution in [0.3, 0.4) is 0 Å². The van der Waals surface area contributed by atoms with Crippen molar-refractivity contribution in [1.82, 2.24) is 4.98 Å². The first-order valence-corrected chi connectivity index (χ1v) is 8.51. The van der Waals surface area contributed by atoms with E-state index in [1.165, 1.54) is 22.1 Å². The molecule has 0 atom stereocenters. The quantitative estimate of drug-likeness (QED) is 0.622. The molecule has 0 unspecified atom stereocenters. The molecule has 2 heteroatoms. The lowest BCUT2D eigenvalue weighted by atomic mass is 9.98. The van der Waals surface area contributed by atoms with Gasteiger partial charge in [-0.05, 0) is 54.2 Å². The molecule has 1 aromatic heterocycles. The third-order valence-corrected chi connectivity index (χ3v) is 4.36. The number of aryl methyl sites for hydroxylation is 1. The van der Waals surface area contributed by atoms with Gasteiger partial charge in [0.1, 0.15) is 5.75 Å². The lowest BCUT2D eigenvalue weighted by Crippen LogP contribution is -1.95. The maximum absolute atomic E-state index is 5.82. The smallest absolute Gasteiger partial charge is 0.143 e. The Morgan fingerprint density at radius 1 is 1.04 bits per heavy atom. The van der Waals surface area contributed by atoms with Crippen molar-refractivity contribution in [3.63, 3.8) is 0 Å². The first-order chi connectivity index (χ1) is 11.1. The number of nitrogens with one attached hydrogen (secondary N) is 1. The molecule has 0 fully saturated rings. The molecule has 1 heterocycles. The Balaban J connectivity index is 2.19.